The molecule has 1 aromatic carbocycles. The predicted molar refractivity (Wildman–Crippen MR) is 78.1 cm³/mol. The van der Waals surface area contributed by atoms with Crippen LogP contribution in [0, 0.1) is 11.8 Å². The number of aliphatic hydroxyl groups is 1. The van der Waals surface area contributed by atoms with Crippen molar-refractivity contribution in [3.05, 3.63) is 35.4 Å². The van der Waals surface area contributed by atoms with Gasteiger partial charge in [-0.2, -0.15) is 0 Å². The second-order valence-electron chi connectivity index (χ2n) is 4.76. The van der Waals surface area contributed by atoms with E-state index >= 15 is 0 Å². The molecule has 0 saturated carbocycles. The van der Waals surface area contributed by atoms with Crippen LogP contribution in [0.3, 0.4) is 0 Å². The number of hydrogen-bond acceptors (Lipinski definition) is 3. The fraction of sp³-hybridized carbons (Fsp3) is 0.438. The second kappa shape index (κ2) is 8.23. The zero-order valence-corrected chi connectivity index (χ0v) is 12.2. The molecule has 0 spiro atoms. The number of aliphatic hydroxyl groups excluding tert-OH is 1. The Morgan fingerprint density at radius 3 is 2.85 bits per heavy atom. The van der Waals surface area contributed by atoms with E-state index in [0.717, 1.165) is 11.1 Å². The average Bonchev–Trinajstić information content (AvgIpc) is 2.38. The van der Waals surface area contributed by atoms with Crippen molar-refractivity contribution in [2.75, 3.05) is 13.7 Å². The first-order valence-electron chi connectivity index (χ1n) is 6.63. The molecule has 0 bridgehead atoms. The molecule has 0 heterocycles. The monoisotopic (exact) mass is 275 g/mol. The number of benzene rings is 1. The van der Waals surface area contributed by atoms with Crippen LogP contribution < -0.4 is 0 Å². The van der Waals surface area contributed by atoms with E-state index in [2.05, 4.69) is 11.8 Å². The van der Waals surface area contributed by atoms with E-state index in [-0.39, 0.29) is 18.8 Å². The summed E-state index contributed by atoms with van der Waals surface area (Å²) in [7, 11) is 1.70. The smallest absolute Gasteiger partial charge is 0.410 e. The maximum Gasteiger partial charge on any atom is 0.410 e. The van der Waals surface area contributed by atoms with Gasteiger partial charge in [0.05, 0.1) is 12.7 Å². The molecule has 108 valence electrons. The van der Waals surface area contributed by atoms with Gasteiger partial charge in [0.1, 0.15) is 0 Å². The first-order valence-corrected chi connectivity index (χ1v) is 6.63. The van der Waals surface area contributed by atoms with Crippen LogP contribution in [0.5, 0.6) is 0 Å². The molecule has 0 aliphatic heterocycles. The molecule has 0 unspecified atom stereocenters. The Labute approximate surface area is 120 Å². The van der Waals surface area contributed by atoms with Gasteiger partial charge < -0.3 is 14.7 Å². The molecule has 1 rings (SSSR count). The fourth-order valence-electron chi connectivity index (χ4n) is 1.60. The summed E-state index contributed by atoms with van der Waals surface area (Å²) in [5, 5.41) is 8.69. The third-order valence-corrected chi connectivity index (χ3v) is 2.46. The van der Waals surface area contributed by atoms with Gasteiger partial charge >= 0.3 is 6.09 Å². The molecule has 0 aliphatic rings. The van der Waals surface area contributed by atoms with E-state index in [1.54, 1.807) is 7.05 Å². The van der Waals surface area contributed by atoms with Gasteiger partial charge in [-0.3, -0.25) is 0 Å². The Kier molecular flexibility index (Phi) is 6.61. The molecule has 1 N–H and O–H groups in total. The van der Waals surface area contributed by atoms with Crippen LogP contribution in [0.2, 0.25) is 0 Å². The van der Waals surface area contributed by atoms with Crippen molar-refractivity contribution < 1.29 is 14.6 Å². The van der Waals surface area contributed by atoms with E-state index in [1.165, 1.54) is 4.90 Å². The maximum absolute atomic E-state index is 11.7. The zero-order valence-electron chi connectivity index (χ0n) is 12.2. The lowest BCUT2D eigenvalue weighted by molar-refractivity contribution is 0.0822. The van der Waals surface area contributed by atoms with Gasteiger partial charge in [-0.1, -0.05) is 24.0 Å². The minimum atomic E-state index is -0.336. The van der Waals surface area contributed by atoms with Crippen LogP contribution in [-0.4, -0.2) is 35.9 Å². The van der Waals surface area contributed by atoms with Gasteiger partial charge in [0, 0.05) is 25.6 Å². The van der Waals surface area contributed by atoms with Gasteiger partial charge in [-0.15, -0.1) is 0 Å². The van der Waals surface area contributed by atoms with Gasteiger partial charge in [-0.05, 0) is 31.5 Å². The van der Waals surface area contributed by atoms with Gasteiger partial charge in [0.2, 0.25) is 0 Å². The molecule has 0 saturated heterocycles. The van der Waals surface area contributed by atoms with Crippen molar-refractivity contribution in [2.45, 2.75) is 32.9 Å². The number of amides is 1. The number of rotatable bonds is 4. The van der Waals surface area contributed by atoms with Crippen LogP contribution in [0.1, 0.15) is 31.4 Å². The van der Waals surface area contributed by atoms with E-state index in [4.69, 9.17) is 9.84 Å². The van der Waals surface area contributed by atoms with Crippen molar-refractivity contribution in [2.24, 2.45) is 0 Å². The number of carbonyl (C=O) groups excluding carboxylic acids is 1. The summed E-state index contributed by atoms with van der Waals surface area (Å²) in [5.74, 6) is 5.85. The third kappa shape index (κ3) is 5.77. The lowest BCUT2D eigenvalue weighted by atomic mass is 10.1. The lowest BCUT2D eigenvalue weighted by Crippen LogP contribution is -2.29. The minimum absolute atomic E-state index is 0.0659. The van der Waals surface area contributed by atoms with Crippen LogP contribution in [-0.2, 0) is 11.3 Å². The topological polar surface area (TPSA) is 49.8 Å². The molecule has 0 aliphatic carbocycles. The fourth-order valence-corrected chi connectivity index (χ4v) is 1.60. The molecule has 4 nitrogen and oxygen atoms in total. The normalized spacial score (nSPS) is 9.85. The zero-order chi connectivity index (χ0) is 15.0. The van der Waals surface area contributed by atoms with E-state index in [0.29, 0.717) is 13.0 Å². The van der Waals surface area contributed by atoms with E-state index in [1.807, 2.05) is 38.1 Å². The van der Waals surface area contributed by atoms with Gasteiger partial charge in [0.15, 0.2) is 0 Å². The molecule has 20 heavy (non-hydrogen) atoms. The average molecular weight is 275 g/mol. The molecule has 1 aromatic rings. The summed E-state index contributed by atoms with van der Waals surface area (Å²) in [5.41, 5.74) is 1.87. The highest BCUT2D eigenvalue weighted by Crippen LogP contribution is 2.08. The van der Waals surface area contributed by atoms with Gasteiger partial charge in [0.25, 0.3) is 0 Å². The number of carbonyl (C=O) groups is 1. The van der Waals surface area contributed by atoms with Crippen molar-refractivity contribution in [3.63, 3.8) is 0 Å². The predicted octanol–water partition coefficient (Wildman–Crippen LogP) is 2.40. The summed E-state index contributed by atoms with van der Waals surface area (Å²) in [6, 6.07) is 7.68. The molecule has 4 heteroatoms. The molecular weight excluding hydrogens is 254 g/mol. The third-order valence-electron chi connectivity index (χ3n) is 2.46. The molecule has 0 radical (unpaired) electrons. The molecule has 1 amide bonds. The van der Waals surface area contributed by atoms with Crippen molar-refractivity contribution in [3.8, 4) is 11.8 Å². The van der Waals surface area contributed by atoms with Crippen molar-refractivity contribution in [1.82, 2.24) is 4.90 Å². The summed E-state index contributed by atoms with van der Waals surface area (Å²) < 4.78 is 5.13. The highest BCUT2D eigenvalue weighted by atomic mass is 16.6. The van der Waals surface area contributed by atoms with Crippen LogP contribution >= 0.6 is 0 Å². The molecular formula is C16H21NO3. The molecule has 0 atom stereocenters. The summed E-state index contributed by atoms with van der Waals surface area (Å²) in [6.45, 7) is 4.18. The van der Waals surface area contributed by atoms with Crippen LogP contribution in [0.25, 0.3) is 0 Å². The maximum atomic E-state index is 11.7. The highest BCUT2D eigenvalue weighted by Gasteiger charge is 2.11. The lowest BCUT2D eigenvalue weighted by Gasteiger charge is -2.18. The number of hydrogen-bond donors (Lipinski definition) is 1. The van der Waals surface area contributed by atoms with Crippen LogP contribution in [0.15, 0.2) is 24.3 Å². The number of nitrogens with zero attached hydrogens (tertiary/aromatic N) is 1. The highest BCUT2D eigenvalue weighted by molar-refractivity contribution is 5.67. The molecule has 0 aromatic heterocycles. The first-order chi connectivity index (χ1) is 9.52. The quantitative estimate of drug-likeness (QED) is 0.858. The summed E-state index contributed by atoms with van der Waals surface area (Å²) in [4.78, 5) is 13.2. The summed E-state index contributed by atoms with van der Waals surface area (Å²) >= 11 is 0. The number of ether oxygens (including phenoxy) is 1. The summed E-state index contributed by atoms with van der Waals surface area (Å²) in [6.07, 6.45) is 0.00240. The van der Waals surface area contributed by atoms with Crippen molar-refractivity contribution in [1.29, 1.82) is 0 Å². The Bertz CT molecular complexity index is 500. The van der Waals surface area contributed by atoms with E-state index in [9.17, 15) is 4.79 Å². The molecule has 0 fully saturated rings. The first kappa shape index (κ1) is 16.1. The van der Waals surface area contributed by atoms with Crippen LogP contribution in [0.4, 0.5) is 4.79 Å². The standard InChI is InChI=1S/C16H21NO3/c1-13(2)20-16(19)17(3)12-15-9-6-8-14(11-15)7-4-5-10-18/h6,8-9,11,13,18H,5,10,12H2,1-3H3. The SMILES string of the molecule is CC(C)OC(=O)N(C)Cc1cccc(C#CCCO)c1. The second-order valence-corrected chi connectivity index (χ2v) is 4.76. The van der Waals surface area contributed by atoms with Crippen molar-refractivity contribution >= 4 is 6.09 Å². The van der Waals surface area contributed by atoms with E-state index < -0.39 is 0 Å². The van der Waals surface area contributed by atoms with Gasteiger partial charge in [-0.25, -0.2) is 4.79 Å². The Balaban J connectivity index is 2.66. The minimum Gasteiger partial charge on any atom is -0.447 e. The largest absolute Gasteiger partial charge is 0.447 e. The Hall–Kier alpha value is -1.99. The Morgan fingerprint density at radius 1 is 1.45 bits per heavy atom. The Morgan fingerprint density at radius 2 is 2.20 bits per heavy atom.